The molecule has 0 aromatic carbocycles. The third-order valence-corrected chi connectivity index (χ3v) is 4.59. The molecule has 0 atom stereocenters. The average molecular weight is 226 g/mol. The zero-order valence-corrected chi connectivity index (χ0v) is 11.8. The van der Waals surface area contributed by atoms with Gasteiger partial charge in [0.1, 0.15) is 0 Å². The maximum atomic E-state index is 6.29. The molecule has 96 valence electrons. The number of hydrogen-bond acceptors (Lipinski definition) is 2. The monoisotopic (exact) mass is 226 g/mol. The normalized spacial score (nSPS) is 19.7. The van der Waals surface area contributed by atoms with Gasteiger partial charge in [0.05, 0.1) is 0 Å². The van der Waals surface area contributed by atoms with Crippen molar-refractivity contribution in [1.82, 2.24) is 4.90 Å². The lowest BCUT2D eigenvalue weighted by Crippen LogP contribution is -2.54. The zero-order valence-electron chi connectivity index (χ0n) is 11.8. The molecule has 0 aromatic rings. The summed E-state index contributed by atoms with van der Waals surface area (Å²) in [6, 6.07) is 0.812. The van der Waals surface area contributed by atoms with E-state index in [1.165, 1.54) is 25.7 Å². The SMILES string of the molecule is CCN(CC(C)(C)C(C)(C)N)C1CCCC1. The predicted molar refractivity (Wildman–Crippen MR) is 71.6 cm³/mol. The maximum absolute atomic E-state index is 6.29. The van der Waals surface area contributed by atoms with Crippen LogP contribution in [0.1, 0.15) is 60.3 Å². The summed E-state index contributed by atoms with van der Waals surface area (Å²) in [5.41, 5.74) is 6.35. The Labute approximate surface area is 102 Å². The molecule has 0 aromatic heterocycles. The molecule has 0 bridgehead atoms. The molecular formula is C14H30N2. The van der Waals surface area contributed by atoms with Gasteiger partial charge in [0.15, 0.2) is 0 Å². The second kappa shape index (κ2) is 5.05. The molecule has 16 heavy (non-hydrogen) atoms. The van der Waals surface area contributed by atoms with Crippen LogP contribution in [0.3, 0.4) is 0 Å². The van der Waals surface area contributed by atoms with Crippen molar-refractivity contribution in [3.05, 3.63) is 0 Å². The Morgan fingerprint density at radius 3 is 2.00 bits per heavy atom. The summed E-state index contributed by atoms with van der Waals surface area (Å²) in [5, 5.41) is 0. The summed E-state index contributed by atoms with van der Waals surface area (Å²) in [6.07, 6.45) is 5.59. The van der Waals surface area contributed by atoms with Crippen LogP contribution < -0.4 is 5.73 Å². The topological polar surface area (TPSA) is 29.3 Å². The van der Waals surface area contributed by atoms with E-state index >= 15 is 0 Å². The van der Waals surface area contributed by atoms with E-state index in [0.29, 0.717) is 0 Å². The van der Waals surface area contributed by atoms with Gasteiger partial charge >= 0.3 is 0 Å². The van der Waals surface area contributed by atoms with Crippen LogP contribution in [-0.4, -0.2) is 29.6 Å². The highest BCUT2D eigenvalue weighted by molar-refractivity contribution is 4.93. The fourth-order valence-corrected chi connectivity index (χ4v) is 2.48. The van der Waals surface area contributed by atoms with Crippen molar-refractivity contribution >= 4 is 0 Å². The molecule has 1 rings (SSSR count). The van der Waals surface area contributed by atoms with Crippen LogP contribution in [0.5, 0.6) is 0 Å². The molecule has 0 spiro atoms. The molecule has 0 heterocycles. The Morgan fingerprint density at radius 1 is 1.12 bits per heavy atom. The van der Waals surface area contributed by atoms with Gasteiger partial charge in [-0.3, -0.25) is 0 Å². The minimum absolute atomic E-state index is 0.112. The van der Waals surface area contributed by atoms with Crippen LogP contribution in [-0.2, 0) is 0 Å². The van der Waals surface area contributed by atoms with Crippen molar-refractivity contribution in [3.63, 3.8) is 0 Å². The maximum Gasteiger partial charge on any atom is 0.0161 e. The van der Waals surface area contributed by atoms with E-state index in [2.05, 4.69) is 39.5 Å². The summed E-state index contributed by atoms with van der Waals surface area (Å²) in [4.78, 5) is 2.64. The van der Waals surface area contributed by atoms with Crippen LogP contribution >= 0.6 is 0 Å². The first-order valence-electron chi connectivity index (χ1n) is 6.81. The van der Waals surface area contributed by atoms with E-state index in [1.54, 1.807) is 0 Å². The van der Waals surface area contributed by atoms with Crippen LogP contribution in [0.15, 0.2) is 0 Å². The molecule has 0 amide bonds. The average Bonchev–Trinajstić information content (AvgIpc) is 2.65. The van der Waals surface area contributed by atoms with E-state index in [1.807, 2.05) is 0 Å². The van der Waals surface area contributed by atoms with Gasteiger partial charge in [-0.2, -0.15) is 0 Å². The predicted octanol–water partition coefficient (Wildman–Crippen LogP) is 3.01. The summed E-state index contributed by atoms with van der Waals surface area (Å²) in [5.74, 6) is 0. The Hall–Kier alpha value is -0.0800. The molecule has 0 radical (unpaired) electrons. The molecule has 0 unspecified atom stereocenters. The summed E-state index contributed by atoms with van der Waals surface area (Å²) in [6.45, 7) is 13.4. The standard InChI is InChI=1S/C14H30N2/c1-6-16(12-9-7-8-10-12)11-13(2,3)14(4,5)15/h12H,6-11,15H2,1-5H3. The molecule has 1 fully saturated rings. The van der Waals surface area contributed by atoms with Crippen molar-refractivity contribution in [2.24, 2.45) is 11.1 Å². The summed E-state index contributed by atoms with van der Waals surface area (Å²) < 4.78 is 0. The highest BCUT2D eigenvalue weighted by atomic mass is 15.2. The number of nitrogens with two attached hydrogens (primary N) is 1. The van der Waals surface area contributed by atoms with Gasteiger partial charge < -0.3 is 10.6 Å². The van der Waals surface area contributed by atoms with Gasteiger partial charge in [-0.15, -0.1) is 0 Å². The fraction of sp³-hybridized carbons (Fsp3) is 1.00. The van der Waals surface area contributed by atoms with Crippen molar-refractivity contribution in [1.29, 1.82) is 0 Å². The molecule has 2 nitrogen and oxygen atoms in total. The molecule has 1 saturated carbocycles. The molecule has 0 aliphatic heterocycles. The Morgan fingerprint density at radius 2 is 1.62 bits per heavy atom. The highest BCUT2D eigenvalue weighted by Crippen LogP contribution is 2.32. The smallest absolute Gasteiger partial charge is 0.0161 e. The van der Waals surface area contributed by atoms with Crippen molar-refractivity contribution in [2.45, 2.75) is 71.9 Å². The minimum Gasteiger partial charge on any atom is -0.325 e. The Bertz CT molecular complexity index is 209. The highest BCUT2D eigenvalue weighted by Gasteiger charge is 2.36. The number of hydrogen-bond donors (Lipinski definition) is 1. The van der Waals surface area contributed by atoms with Crippen LogP contribution in [0.2, 0.25) is 0 Å². The van der Waals surface area contributed by atoms with Crippen LogP contribution in [0, 0.1) is 5.41 Å². The molecule has 1 aliphatic carbocycles. The van der Waals surface area contributed by atoms with Gasteiger partial charge in [-0.05, 0) is 38.6 Å². The zero-order chi connectivity index (χ0) is 12.4. The van der Waals surface area contributed by atoms with E-state index in [-0.39, 0.29) is 11.0 Å². The largest absolute Gasteiger partial charge is 0.325 e. The number of rotatable bonds is 5. The molecule has 0 saturated heterocycles. The molecular weight excluding hydrogens is 196 g/mol. The van der Waals surface area contributed by atoms with Gasteiger partial charge in [0.25, 0.3) is 0 Å². The first kappa shape index (κ1) is 14.0. The molecule has 1 aliphatic rings. The van der Waals surface area contributed by atoms with Gasteiger partial charge in [-0.25, -0.2) is 0 Å². The van der Waals surface area contributed by atoms with E-state index in [0.717, 1.165) is 19.1 Å². The first-order chi connectivity index (χ1) is 7.28. The third kappa shape index (κ3) is 3.21. The second-order valence-electron chi connectivity index (χ2n) is 6.61. The van der Waals surface area contributed by atoms with Crippen LogP contribution in [0.25, 0.3) is 0 Å². The van der Waals surface area contributed by atoms with E-state index in [4.69, 9.17) is 5.73 Å². The molecule has 2 heteroatoms. The third-order valence-electron chi connectivity index (χ3n) is 4.59. The Balaban J connectivity index is 2.62. The second-order valence-corrected chi connectivity index (χ2v) is 6.61. The lowest BCUT2D eigenvalue weighted by molar-refractivity contribution is 0.0880. The van der Waals surface area contributed by atoms with Gasteiger partial charge in [0.2, 0.25) is 0 Å². The van der Waals surface area contributed by atoms with Crippen LogP contribution in [0.4, 0.5) is 0 Å². The minimum atomic E-state index is -0.112. The van der Waals surface area contributed by atoms with Gasteiger partial charge in [-0.1, -0.05) is 33.6 Å². The quantitative estimate of drug-likeness (QED) is 0.781. The van der Waals surface area contributed by atoms with E-state index in [9.17, 15) is 0 Å². The Kier molecular flexibility index (Phi) is 4.42. The fourth-order valence-electron chi connectivity index (χ4n) is 2.48. The lowest BCUT2D eigenvalue weighted by atomic mass is 9.74. The van der Waals surface area contributed by atoms with Crippen molar-refractivity contribution in [2.75, 3.05) is 13.1 Å². The molecule has 2 N–H and O–H groups in total. The van der Waals surface area contributed by atoms with Crippen molar-refractivity contribution in [3.8, 4) is 0 Å². The first-order valence-corrected chi connectivity index (χ1v) is 6.81. The number of nitrogens with zero attached hydrogens (tertiary/aromatic N) is 1. The summed E-state index contributed by atoms with van der Waals surface area (Å²) >= 11 is 0. The lowest BCUT2D eigenvalue weighted by Gasteiger charge is -2.43. The van der Waals surface area contributed by atoms with Gasteiger partial charge in [0, 0.05) is 18.1 Å². The summed E-state index contributed by atoms with van der Waals surface area (Å²) in [7, 11) is 0. The van der Waals surface area contributed by atoms with Crippen molar-refractivity contribution < 1.29 is 0 Å². The van der Waals surface area contributed by atoms with E-state index < -0.39 is 0 Å².